The Morgan fingerprint density at radius 2 is 2.21 bits per heavy atom. The molecule has 0 aromatic heterocycles. The third kappa shape index (κ3) is 5.30. The first-order valence-electron chi connectivity index (χ1n) is 4.14. The maximum atomic E-state index is 10.8. The van der Waals surface area contributed by atoms with Crippen LogP contribution in [0.1, 0.15) is 12.8 Å². The average Bonchev–Trinajstić information content (AvgIpc) is 2.16. The number of nitriles is 1. The van der Waals surface area contributed by atoms with Gasteiger partial charge in [-0.25, -0.2) is 9.90 Å². The monoisotopic (exact) mass is 198 g/mol. The molecule has 0 aliphatic rings. The van der Waals surface area contributed by atoms with E-state index in [-0.39, 0.29) is 31.6 Å². The summed E-state index contributed by atoms with van der Waals surface area (Å²) >= 11 is 0. The quantitative estimate of drug-likeness (QED) is 0.374. The minimum atomic E-state index is -0.790. The van der Waals surface area contributed by atoms with Crippen LogP contribution < -0.4 is 0 Å². The van der Waals surface area contributed by atoms with Crippen molar-refractivity contribution in [1.29, 1.82) is 5.26 Å². The van der Waals surface area contributed by atoms with Crippen molar-refractivity contribution in [2.24, 2.45) is 0 Å². The molecular weight excluding hydrogens is 186 g/mol. The van der Waals surface area contributed by atoms with Crippen molar-refractivity contribution in [2.45, 2.75) is 18.9 Å². The highest BCUT2D eigenvalue weighted by Crippen LogP contribution is 1.99. The Balaban J connectivity index is 3.60. The average molecular weight is 198 g/mol. The highest BCUT2D eigenvalue weighted by atomic mass is 16.5. The number of carbonyl (C=O) groups is 1. The highest BCUT2D eigenvalue weighted by molar-refractivity contribution is 5.91. The maximum absolute atomic E-state index is 10.8. The first kappa shape index (κ1) is 12.6. The number of hydrogen-bond donors (Lipinski definition) is 1. The lowest BCUT2D eigenvalue weighted by atomic mass is 10.2. The molecule has 14 heavy (non-hydrogen) atoms. The predicted octanol–water partition coefficient (Wildman–Crippen LogP) is 0.181. The maximum Gasteiger partial charge on any atom is 0.348 e. The van der Waals surface area contributed by atoms with E-state index in [4.69, 9.17) is 10.4 Å². The van der Waals surface area contributed by atoms with Gasteiger partial charge in [-0.1, -0.05) is 6.58 Å². The summed E-state index contributed by atoms with van der Waals surface area (Å²) in [6.45, 7) is 2.78. The van der Waals surface area contributed by atoms with Gasteiger partial charge in [-0.2, -0.15) is 5.26 Å². The number of ether oxygens (including phenoxy) is 1. The van der Waals surface area contributed by atoms with E-state index in [2.05, 4.69) is 11.3 Å². The molecule has 77 valence electrons. The topological polar surface area (TPSA) is 90.2 Å². The molecule has 1 N–H and O–H groups in total. The minimum absolute atomic E-state index is 0.0132. The summed E-state index contributed by atoms with van der Waals surface area (Å²) < 4.78 is 4.59. The zero-order valence-electron chi connectivity index (χ0n) is 7.73. The Labute approximate surface area is 82.2 Å². The van der Waals surface area contributed by atoms with E-state index in [9.17, 15) is 9.90 Å². The van der Waals surface area contributed by atoms with Crippen LogP contribution in [0, 0.1) is 11.3 Å². The standard InChI is InChI=1S/C9H12NO4/c1-7(6-10)9(13)14-5-3-8(12)2-4-11/h8,12H,1-5H2. The molecule has 0 heterocycles. The second-order valence-corrected chi connectivity index (χ2v) is 2.66. The number of carbonyl (C=O) groups excluding carboxylic acids is 1. The lowest BCUT2D eigenvalue weighted by Gasteiger charge is -2.07. The Bertz CT molecular complexity index is 244. The van der Waals surface area contributed by atoms with E-state index < -0.39 is 12.1 Å². The second kappa shape index (κ2) is 7.06. The first-order chi connectivity index (χ1) is 6.61. The van der Waals surface area contributed by atoms with Crippen LogP contribution in [0.2, 0.25) is 0 Å². The van der Waals surface area contributed by atoms with Gasteiger partial charge in [0.05, 0.1) is 19.3 Å². The summed E-state index contributed by atoms with van der Waals surface area (Å²) in [4.78, 5) is 10.8. The molecule has 0 amide bonds. The highest BCUT2D eigenvalue weighted by Gasteiger charge is 2.09. The van der Waals surface area contributed by atoms with Gasteiger partial charge in [0.1, 0.15) is 11.6 Å². The number of aliphatic hydroxyl groups excluding tert-OH is 1. The van der Waals surface area contributed by atoms with Crippen molar-refractivity contribution in [3.05, 3.63) is 12.2 Å². The molecule has 0 aromatic rings. The molecule has 1 atom stereocenters. The molecule has 5 nitrogen and oxygen atoms in total. The summed E-state index contributed by atoms with van der Waals surface area (Å²) in [6, 6.07) is 1.55. The fraction of sp³-hybridized carbons (Fsp3) is 0.556. The van der Waals surface area contributed by atoms with E-state index in [0.717, 1.165) is 0 Å². The van der Waals surface area contributed by atoms with Crippen LogP contribution in [0.4, 0.5) is 0 Å². The van der Waals surface area contributed by atoms with Crippen molar-refractivity contribution in [2.75, 3.05) is 13.2 Å². The van der Waals surface area contributed by atoms with Gasteiger partial charge in [0, 0.05) is 6.42 Å². The second-order valence-electron chi connectivity index (χ2n) is 2.66. The summed E-state index contributed by atoms with van der Waals surface area (Å²) in [7, 11) is 0. The van der Waals surface area contributed by atoms with Gasteiger partial charge in [0.25, 0.3) is 0 Å². The SMILES string of the molecule is C=C(C#N)C(=O)OCCC(O)CC[O]. The summed E-state index contributed by atoms with van der Waals surface area (Å²) in [6.07, 6.45) is -0.417. The van der Waals surface area contributed by atoms with Gasteiger partial charge in [-0.3, -0.25) is 0 Å². The minimum Gasteiger partial charge on any atom is -0.461 e. The molecule has 0 spiro atoms. The van der Waals surface area contributed by atoms with Crippen LogP contribution in [-0.2, 0) is 14.6 Å². The van der Waals surface area contributed by atoms with Crippen LogP contribution in [0.5, 0.6) is 0 Å². The molecule has 0 rings (SSSR count). The van der Waals surface area contributed by atoms with Crippen molar-refractivity contribution in [3.8, 4) is 6.07 Å². The zero-order chi connectivity index (χ0) is 11.0. The Hall–Kier alpha value is -1.38. The van der Waals surface area contributed by atoms with E-state index in [1.807, 2.05) is 0 Å². The smallest absolute Gasteiger partial charge is 0.348 e. The molecule has 0 saturated heterocycles. The Morgan fingerprint density at radius 3 is 2.71 bits per heavy atom. The third-order valence-corrected chi connectivity index (χ3v) is 1.52. The number of esters is 1. The van der Waals surface area contributed by atoms with Crippen LogP contribution in [-0.4, -0.2) is 30.4 Å². The number of aliphatic hydroxyl groups is 1. The zero-order valence-corrected chi connectivity index (χ0v) is 7.73. The van der Waals surface area contributed by atoms with Gasteiger partial charge >= 0.3 is 5.97 Å². The lowest BCUT2D eigenvalue weighted by molar-refractivity contribution is -0.139. The molecule has 5 heteroatoms. The van der Waals surface area contributed by atoms with Crippen molar-refractivity contribution >= 4 is 5.97 Å². The lowest BCUT2D eigenvalue weighted by Crippen LogP contribution is -2.14. The van der Waals surface area contributed by atoms with E-state index in [1.54, 1.807) is 6.07 Å². The molecule has 1 radical (unpaired) electrons. The summed E-state index contributed by atoms with van der Waals surface area (Å²) in [5, 5.41) is 27.4. The number of hydrogen-bond acceptors (Lipinski definition) is 4. The van der Waals surface area contributed by atoms with Crippen molar-refractivity contribution < 1.29 is 19.7 Å². The molecular formula is C9H12NO4. The van der Waals surface area contributed by atoms with Crippen LogP contribution >= 0.6 is 0 Å². The first-order valence-corrected chi connectivity index (χ1v) is 4.14. The fourth-order valence-corrected chi connectivity index (χ4v) is 0.701. The number of rotatable bonds is 6. The van der Waals surface area contributed by atoms with Gasteiger partial charge in [-0.05, 0) is 6.42 Å². The third-order valence-electron chi connectivity index (χ3n) is 1.52. The van der Waals surface area contributed by atoms with Gasteiger partial charge < -0.3 is 9.84 Å². The molecule has 0 bridgehead atoms. The summed E-state index contributed by atoms with van der Waals surface area (Å²) in [5.41, 5.74) is -0.275. The van der Waals surface area contributed by atoms with Gasteiger partial charge in [0.2, 0.25) is 0 Å². The molecule has 0 aliphatic heterocycles. The van der Waals surface area contributed by atoms with Crippen LogP contribution in [0.25, 0.3) is 0 Å². The molecule has 0 fully saturated rings. The van der Waals surface area contributed by atoms with Crippen molar-refractivity contribution in [3.63, 3.8) is 0 Å². The Morgan fingerprint density at radius 1 is 1.57 bits per heavy atom. The van der Waals surface area contributed by atoms with Gasteiger partial charge in [-0.15, -0.1) is 0 Å². The van der Waals surface area contributed by atoms with Crippen LogP contribution in [0.3, 0.4) is 0 Å². The van der Waals surface area contributed by atoms with Crippen LogP contribution in [0.15, 0.2) is 12.2 Å². The predicted molar refractivity (Wildman–Crippen MR) is 46.5 cm³/mol. The largest absolute Gasteiger partial charge is 0.461 e. The molecule has 1 unspecified atom stereocenters. The van der Waals surface area contributed by atoms with E-state index in [1.165, 1.54) is 0 Å². The number of nitrogens with zero attached hydrogens (tertiary/aromatic N) is 1. The van der Waals surface area contributed by atoms with E-state index >= 15 is 0 Å². The fourth-order valence-electron chi connectivity index (χ4n) is 0.701. The van der Waals surface area contributed by atoms with E-state index in [0.29, 0.717) is 0 Å². The molecule has 0 saturated carbocycles. The Kier molecular flexibility index (Phi) is 6.37. The molecule has 0 aromatic carbocycles. The normalized spacial score (nSPS) is 11.5. The summed E-state index contributed by atoms with van der Waals surface area (Å²) in [5.74, 6) is -0.790. The molecule has 0 aliphatic carbocycles. The van der Waals surface area contributed by atoms with Crippen molar-refractivity contribution in [1.82, 2.24) is 0 Å². The van der Waals surface area contributed by atoms with Gasteiger partial charge in [0.15, 0.2) is 0 Å².